The fraction of sp³-hybridized carbons (Fsp3) is 0.214. The van der Waals surface area contributed by atoms with Gasteiger partial charge in [0.05, 0.1) is 12.2 Å². The number of carbonyl (C=O) groups excluding carboxylic acids is 2. The normalized spacial score (nSPS) is 14.6. The predicted octanol–water partition coefficient (Wildman–Crippen LogP) is 6.78. The van der Waals surface area contributed by atoms with Gasteiger partial charge in [-0.3, -0.25) is 4.79 Å². The van der Waals surface area contributed by atoms with E-state index in [0.717, 1.165) is 34.4 Å². The lowest BCUT2D eigenvalue weighted by Crippen LogP contribution is -2.15. The van der Waals surface area contributed by atoms with Crippen molar-refractivity contribution in [3.05, 3.63) is 95.3 Å². The lowest BCUT2D eigenvalue weighted by molar-refractivity contribution is 0.0521. The van der Waals surface area contributed by atoms with E-state index in [1.807, 2.05) is 30.3 Å². The summed E-state index contributed by atoms with van der Waals surface area (Å²) < 4.78 is 19.3. The maximum Gasteiger partial charge on any atom is 0.341 e. The van der Waals surface area contributed by atoms with Crippen molar-refractivity contribution in [3.63, 3.8) is 0 Å². The van der Waals surface area contributed by atoms with Crippen molar-refractivity contribution in [1.82, 2.24) is 0 Å². The van der Waals surface area contributed by atoms with Crippen molar-refractivity contribution in [1.29, 1.82) is 0 Å². The SMILES string of the molecule is CCOC(=O)c1ccc(NC(=O)c2cccc3cccc(C4=CC=CC(C)(C)C4)c23)cc1F. The number of halogens is 1. The molecule has 3 aromatic carbocycles. The summed E-state index contributed by atoms with van der Waals surface area (Å²) in [5.74, 6) is -1.82. The quantitative estimate of drug-likeness (QED) is 0.442. The molecule has 168 valence electrons. The number of hydrogen-bond donors (Lipinski definition) is 1. The second-order valence-corrected chi connectivity index (χ2v) is 8.79. The summed E-state index contributed by atoms with van der Waals surface area (Å²) in [6.07, 6.45) is 7.20. The topological polar surface area (TPSA) is 55.4 Å². The smallest absolute Gasteiger partial charge is 0.341 e. The third kappa shape index (κ3) is 4.72. The number of rotatable bonds is 5. The van der Waals surface area contributed by atoms with E-state index < -0.39 is 11.8 Å². The predicted molar refractivity (Wildman–Crippen MR) is 130 cm³/mol. The van der Waals surface area contributed by atoms with E-state index in [9.17, 15) is 14.0 Å². The zero-order valence-electron chi connectivity index (χ0n) is 18.9. The van der Waals surface area contributed by atoms with E-state index in [2.05, 4.69) is 37.4 Å². The Morgan fingerprint density at radius 3 is 2.52 bits per heavy atom. The molecular formula is C28H26FNO3. The van der Waals surface area contributed by atoms with Crippen LogP contribution in [0.1, 0.15) is 53.5 Å². The van der Waals surface area contributed by atoms with Crippen LogP contribution in [0, 0.1) is 11.2 Å². The number of fused-ring (bicyclic) bond motifs is 1. The van der Waals surface area contributed by atoms with Crippen molar-refractivity contribution in [3.8, 4) is 0 Å². The van der Waals surface area contributed by atoms with Gasteiger partial charge in [-0.2, -0.15) is 0 Å². The van der Waals surface area contributed by atoms with Gasteiger partial charge in [-0.05, 0) is 59.5 Å². The number of benzene rings is 3. The summed E-state index contributed by atoms with van der Waals surface area (Å²) >= 11 is 0. The molecule has 0 spiro atoms. The van der Waals surface area contributed by atoms with Crippen LogP contribution >= 0.6 is 0 Å². The summed E-state index contributed by atoms with van der Waals surface area (Å²) in [6.45, 7) is 6.18. The van der Waals surface area contributed by atoms with Crippen LogP contribution in [0.25, 0.3) is 16.3 Å². The lowest BCUT2D eigenvalue weighted by Gasteiger charge is -2.26. The molecule has 1 N–H and O–H groups in total. The maximum atomic E-state index is 14.4. The fourth-order valence-electron chi connectivity index (χ4n) is 4.18. The van der Waals surface area contributed by atoms with Crippen molar-refractivity contribution < 1.29 is 18.7 Å². The highest BCUT2D eigenvalue weighted by molar-refractivity contribution is 6.15. The number of ether oxygens (including phenoxy) is 1. The molecule has 1 amide bonds. The molecule has 0 fully saturated rings. The molecule has 0 heterocycles. The number of allylic oxidation sites excluding steroid dienone is 4. The van der Waals surface area contributed by atoms with Crippen LogP contribution in [0.4, 0.5) is 10.1 Å². The molecule has 0 bridgehead atoms. The average molecular weight is 444 g/mol. The minimum atomic E-state index is -0.744. The standard InChI is InChI=1S/C28H26FNO3/c1-4-33-27(32)22-14-13-20(16-24(22)29)30-26(31)23-12-6-9-18-8-5-11-21(25(18)23)19-10-7-15-28(2,3)17-19/h5-16H,4,17H2,1-3H3,(H,30,31). The molecule has 0 saturated heterocycles. The summed E-state index contributed by atoms with van der Waals surface area (Å²) in [7, 11) is 0. The van der Waals surface area contributed by atoms with Gasteiger partial charge in [0.1, 0.15) is 5.82 Å². The first-order valence-electron chi connectivity index (χ1n) is 11.0. The van der Waals surface area contributed by atoms with Crippen LogP contribution in [0.2, 0.25) is 0 Å². The van der Waals surface area contributed by atoms with Crippen LogP contribution in [0.15, 0.2) is 72.8 Å². The molecule has 4 rings (SSSR count). The Morgan fingerprint density at radius 1 is 1.06 bits per heavy atom. The number of carbonyl (C=O) groups is 2. The van der Waals surface area contributed by atoms with Gasteiger partial charge in [-0.1, -0.05) is 62.4 Å². The summed E-state index contributed by atoms with van der Waals surface area (Å²) in [4.78, 5) is 25.1. The average Bonchev–Trinajstić information content (AvgIpc) is 2.77. The number of amides is 1. The minimum absolute atomic E-state index is 0.0294. The van der Waals surface area contributed by atoms with Gasteiger partial charge in [0.15, 0.2) is 0 Å². The minimum Gasteiger partial charge on any atom is -0.462 e. The Hall–Kier alpha value is -3.73. The Kier molecular flexibility index (Phi) is 6.14. The molecule has 1 aliphatic carbocycles. The van der Waals surface area contributed by atoms with Gasteiger partial charge in [-0.15, -0.1) is 0 Å². The van der Waals surface area contributed by atoms with Crippen LogP contribution < -0.4 is 5.32 Å². The van der Waals surface area contributed by atoms with Crippen molar-refractivity contribution in [2.45, 2.75) is 27.2 Å². The highest BCUT2D eigenvalue weighted by Gasteiger charge is 2.23. The number of nitrogens with one attached hydrogen (secondary N) is 1. The van der Waals surface area contributed by atoms with Crippen LogP contribution in [-0.2, 0) is 4.74 Å². The molecule has 4 nitrogen and oxygen atoms in total. The molecule has 33 heavy (non-hydrogen) atoms. The largest absolute Gasteiger partial charge is 0.462 e. The highest BCUT2D eigenvalue weighted by atomic mass is 19.1. The van der Waals surface area contributed by atoms with Gasteiger partial charge in [0.25, 0.3) is 5.91 Å². The maximum absolute atomic E-state index is 14.4. The van der Waals surface area contributed by atoms with Gasteiger partial charge in [0, 0.05) is 16.6 Å². The van der Waals surface area contributed by atoms with Crippen LogP contribution in [-0.4, -0.2) is 18.5 Å². The molecule has 0 unspecified atom stereocenters. The van der Waals surface area contributed by atoms with E-state index in [1.54, 1.807) is 13.0 Å². The molecule has 0 aromatic heterocycles. The molecule has 5 heteroatoms. The third-order valence-electron chi connectivity index (χ3n) is 5.71. The molecule has 0 radical (unpaired) electrons. The Bertz CT molecular complexity index is 1300. The third-order valence-corrected chi connectivity index (χ3v) is 5.71. The van der Waals surface area contributed by atoms with Crippen molar-refractivity contribution >= 4 is 33.9 Å². The Balaban J connectivity index is 1.70. The first kappa shape index (κ1) is 22.5. The second-order valence-electron chi connectivity index (χ2n) is 8.79. The number of esters is 1. The van der Waals surface area contributed by atoms with Crippen molar-refractivity contribution in [2.75, 3.05) is 11.9 Å². The Labute approximate surface area is 192 Å². The zero-order chi connectivity index (χ0) is 23.6. The summed E-state index contributed by atoms with van der Waals surface area (Å²) in [5.41, 5.74) is 2.81. The van der Waals surface area contributed by atoms with Crippen LogP contribution in [0.5, 0.6) is 0 Å². The molecule has 0 saturated carbocycles. The van der Waals surface area contributed by atoms with Gasteiger partial charge >= 0.3 is 5.97 Å². The summed E-state index contributed by atoms with van der Waals surface area (Å²) in [5, 5.41) is 4.59. The highest BCUT2D eigenvalue weighted by Crippen LogP contribution is 2.39. The second kappa shape index (κ2) is 9.02. The first-order valence-corrected chi connectivity index (χ1v) is 11.0. The number of anilines is 1. The molecular weight excluding hydrogens is 417 g/mol. The van der Waals surface area contributed by atoms with Crippen LogP contribution in [0.3, 0.4) is 0 Å². The molecule has 3 aromatic rings. The van der Waals surface area contributed by atoms with Gasteiger partial charge < -0.3 is 10.1 Å². The first-order chi connectivity index (χ1) is 15.8. The summed E-state index contributed by atoms with van der Waals surface area (Å²) in [6, 6.07) is 15.5. The van der Waals surface area contributed by atoms with Gasteiger partial charge in [-0.25, -0.2) is 9.18 Å². The van der Waals surface area contributed by atoms with E-state index in [1.165, 1.54) is 12.1 Å². The Morgan fingerprint density at radius 2 is 1.82 bits per heavy atom. The fourth-order valence-corrected chi connectivity index (χ4v) is 4.18. The van der Waals surface area contributed by atoms with E-state index in [4.69, 9.17) is 4.74 Å². The molecule has 1 aliphatic rings. The van der Waals surface area contributed by atoms with Gasteiger partial charge in [0.2, 0.25) is 0 Å². The van der Waals surface area contributed by atoms with E-state index >= 15 is 0 Å². The zero-order valence-corrected chi connectivity index (χ0v) is 18.9. The van der Waals surface area contributed by atoms with Crippen molar-refractivity contribution in [2.24, 2.45) is 5.41 Å². The molecule has 0 aliphatic heterocycles. The molecule has 0 atom stereocenters. The number of hydrogen-bond acceptors (Lipinski definition) is 3. The monoisotopic (exact) mass is 443 g/mol. The van der Waals surface area contributed by atoms with E-state index in [-0.39, 0.29) is 29.2 Å². The van der Waals surface area contributed by atoms with E-state index in [0.29, 0.717) is 5.56 Å². The lowest BCUT2D eigenvalue weighted by atomic mass is 9.78.